The number of nitrogens with zero attached hydrogens (tertiary/aromatic N) is 3. The van der Waals surface area contributed by atoms with Crippen LogP contribution in [0.5, 0.6) is 0 Å². The molecule has 1 heterocycles. The minimum atomic E-state index is 0.639. The van der Waals surface area contributed by atoms with Crippen LogP contribution >= 0.6 is 11.6 Å². The van der Waals surface area contributed by atoms with Crippen LogP contribution in [0.1, 0.15) is 0 Å². The van der Waals surface area contributed by atoms with Crippen LogP contribution in [-0.2, 0) is 0 Å². The molecule has 0 atom stereocenters. The molecule has 0 bridgehead atoms. The van der Waals surface area contributed by atoms with E-state index in [0.29, 0.717) is 22.5 Å². The highest BCUT2D eigenvalue weighted by Gasteiger charge is 2.12. The summed E-state index contributed by atoms with van der Waals surface area (Å²) in [5, 5.41) is 2.89. The lowest BCUT2D eigenvalue weighted by Gasteiger charge is -2.09. The molecule has 0 fully saturated rings. The summed E-state index contributed by atoms with van der Waals surface area (Å²) >= 11 is 6.19. The van der Waals surface area contributed by atoms with Crippen molar-refractivity contribution in [3.05, 3.63) is 102 Å². The molecule has 0 aliphatic rings. The van der Waals surface area contributed by atoms with Gasteiger partial charge in [-0.1, -0.05) is 90.5 Å². The first-order valence-electron chi connectivity index (χ1n) is 9.33. The third kappa shape index (κ3) is 3.60. The van der Waals surface area contributed by atoms with Gasteiger partial charge in [0.2, 0.25) is 0 Å². The van der Waals surface area contributed by atoms with Gasteiger partial charge in [0.1, 0.15) is 0 Å². The Labute approximate surface area is 173 Å². The van der Waals surface area contributed by atoms with E-state index in [-0.39, 0.29) is 0 Å². The lowest BCUT2D eigenvalue weighted by molar-refractivity contribution is 1.07. The van der Waals surface area contributed by atoms with Crippen LogP contribution in [0.25, 0.3) is 44.9 Å². The maximum atomic E-state index is 6.19. The van der Waals surface area contributed by atoms with Gasteiger partial charge in [-0.3, -0.25) is 0 Å². The highest BCUT2D eigenvalue weighted by Crippen LogP contribution is 2.28. The molecule has 0 amide bonds. The van der Waals surface area contributed by atoms with Crippen molar-refractivity contribution in [3.63, 3.8) is 0 Å². The molecule has 0 aliphatic heterocycles. The summed E-state index contributed by atoms with van der Waals surface area (Å²) in [5.74, 6) is 1.95. The van der Waals surface area contributed by atoms with E-state index < -0.39 is 0 Å². The molecular formula is C25H16ClN3. The van der Waals surface area contributed by atoms with E-state index in [1.54, 1.807) is 0 Å². The van der Waals surface area contributed by atoms with Crippen LogP contribution in [0.3, 0.4) is 0 Å². The molecule has 1 aromatic heterocycles. The lowest BCUT2D eigenvalue weighted by atomic mass is 10.1. The van der Waals surface area contributed by atoms with Gasteiger partial charge in [-0.2, -0.15) is 0 Å². The second kappa shape index (κ2) is 7.46. The first-order valence-corrected chi connectivity index (χ1v) is 9.71. The predicted octanol–water partition coefficient (Wildman–Crippen LogP) is 6.68. The maximum Gasteiger partial charge on any atom is 0.164 e. The van der Waals surface area contributed by atoms with Crippen LogP contribution in [0, 0.1) is 0 Å². The number of benzene rings is 4. The fraction of sp³-hybridized carbons (Fsp3) is 0. The Hall–Kier alpha value is -3.56. The van der Waals surface area contributed by atoms with Gasteiger partial charge in [0.05, 0.1) is 0 Å². The molecule has 0 saturated carbocycles. The lowest BCUT2D eigenvalue weighted by Crippen LogP contribution is -2.00. The van der Waals surface area contributed by atoms with Gasteiger partial charge in [-0.05, 0) is 29.0 Å². The van der Waals surface area contributed by atoms with E-state index in [1.165, 1.54) is 0 Å². The zero-order valence-electron chi connectivity index (χ0n) is 15.5. The van der Waals surface area contributed by atoms with Crippen molar-refractivity contribution in [3.8, 4) is 34.2 Å². The molecule has 0 radical (unpaired) electrons. The highest BCUT2D eigenvalue weighted by molar-refractivity contribution is 6.31. The van der Waals surface area contributed by atoms with Crippen molar-refractivity contribution in [1.82, 2.24) is 15.0 Å². The molecule has 0 saturated heterocycles. The van der Waals surface area contributed by atoms with Crippen molar-refractivity contribution in [2.45, 2.75) is 0 Å². The van der Waals surface area contributed by atoms with Gasteiger partial charge in [-0.25, -0.2) is 15.0 Å². The Morgan fingerprint density at radius 3 is 1.55 bits per heavy atom. The number of hydrogen-bond donors (Lipinski definition) is 0. The summed E-state index contributed by atoms with van der Waals surface area (Å²) < 4.78 is 0. The van der Waals surface area contributed by atoms with Crippen LogP contribution in [0.4, 0.5) is 0 Å². The zero-order chi connectivity index (χ0) is 19.6. The van der Waals surface area contributed by atoms with E-state index in [0.717, 1.165) is 27.5 Å². The second-order valence-corrected chi connectivity index (χ2v) is 7.18. The standard InChI is InChI=1S/C25H16ClN3/c26-22-14-13-17-11-12-20(15-21(17)16-22)25-28-23(18-7-3-1-4-8-18)27-24(29-25)19-9-5-2-6-10-19/h1-16H. The highest BCUT2D eigenvalue weighted by atomic mass is 35.5. The number of hydrogen-bond acceptors (Lipinski definition) is 3. The van der Waals surface area contributed by atoms with Gasteiger partial charge in [-0.15, -0.1) is 0 Å². The predicted molar refractivity (Wildman–Crippen MR) is 119 cm³/mol. The first kappa shape index (κ1) is 17.5. The molecule has 138 valence electrons. The SMILES string of the molecule is Clc1ccc2ccc(-c3nc(-c4ccccc4)nc(-c4ccccc4)n3)cc2c1. The number of halogens is 1. The Morgan fingerprint density at radius 2 is 0.966 bits per heavy atom. The second-order valence-electron chi connectivity index (χ2n) is 6.74. The largest absolute Gasteiger partial charge is 0.208 e. The molecule has 0 N–H and O–H groups in total. The zero-order valence-corrected chi connectivity index (χ0v) is 16.2. The van der Waals surface area contributed by atoms with Crippen molar-refractivity contribution < 1.29 is 0 Å². The van der Waals surface area contributed by atoms with Crippen molar-refractivity contribution in [2.75, 3.05) is 0 Å². The third-order valence-corrected chi connectivity index (χ3v) is 4.99. The molecule has 5 aromatic rings. The summed E-state index contributed by atoms with van der Waals surface area (Å²) in [6.45, 7) is 0. The molecule has 4 heteroatoms. The Kier molecular flexibility index (Phi) is 4.51. The van der Waals surface area contributed by atoms with Crippen LogP contribution in [0.15, 0.2) is 97.1 Å². The van der Waals surface area contributed by atoms with Crippen molar-refractivity contribution >= 4 is 22.4 Å². The monoisotopic (exact) mass is 393 g/mol. The number of fused-ring (bicyclic) bond motifs is 1. The van der Waals surface area contributed by atoms with Gasteiger partial charge >= 0.3 is 0 Å². The third-order valence-electron chi connectivity index (χ3n) is 4.76. The fourth-order valence-corrected chi connectivity index (χ4v) is 3.47. The molecule has 0 aliphatic carbocycles. The van der Waals surface area contributed by atoms with Crippen molar-refractivity contribution in [2.24, 2.45) is 0 Å². The Balaban J connectivity index is 1.71. The van der Waals surface area contributed by atoms with Gasteiger partial charge in [0.25, 0.3) is 0 Å². The fourth-order valence-electron chi connectivity index (χ4n) is 3.29. The summed E-state index contributed by atoms with van der Waals surface area (Å²) in [7, 11) is 0. The maximum absolute atomic E-state index is 6.19. The molecule has 0 unspecified atom stereocenters. The summed E-state index contributed by atoms with van der Waals surface area (Å²) in [6, 6.07) is 32.0. The van der Waals surface area contributed by atoms with Crippen molar-refractivity contribution in [1.29, 1.82) is 0 Å². The molecule has 4 aromatic carbocycles. The van der Waals surface area contributed by atoms with E-state index in [2.05, 4.69) is 12.1 Å². The minimum Gasteiger partial charge on any atom is -0.208 e. The molecule has 29 heavy (non-hydrogen) atoms. The summed E-state index contributed by atoms with van der Waals surface area (Å²) in [4.78, 5) is 14.3. The summed E-state index contributed by atoms with van der Waals surface area (Å²) in [6.07, 6.45) is 0. The molecule has 3 nitrogen and oxygen atoms in total. The van der Waals surface area contributed by atoms with E-state index >= 15 is 0 Å². The van der Waals surface area contributed by atoms with Gasteiger partial charge in [0.15, 0.2) is 17.5 Å². The quantitative estimate of drug-likeness (QED) is 0.343. The smallest absolute Gasteiger partial charge is 0.164 e. The van der Waals surface area contributed by atoms with E-state index in [9.17, 15) is 0 Å². The molecular weight excluding hydrogens is 378 g/mol. The van der Waals surface area contributed by atoms with Crippen LogP contribution in [-0.4, -0.2) is 15.0 Å². The molecule has 0 spiro atoms. The first-order chi connectivity index (χ1) is 14.3. The van der Waals surface area contributed by atoms with Crippen LogP contribution < -0.4 is 0 Å². The van der Waals surface area contributed by atoms with E-state index in [4.69, 9.17) is 26.6 Å². The minimum absolute atomic E-state index is 0.639. The Bertz CT molecular complexity index is 1240. The number of rotatable bonds is 3. The van der Waals surface area contributed by atoms with E-state index in [1.807, 2.05) is 84.9 Å². The van der Waals surface area contributed by atoms with Gasteiger partial charge in [0, 0.05) is 21.7 Å². The average molecular weight is 394 g/mol. The molecule has 5 rings (SSSR count). The average Bonchev–Trinajstić information content (AvgIpc) is 2.79. The van der Waals surface area contributed by atoms with Crippen LogP contribution in [0.2, 0.25) is 5.02 Å². The van der Waals surface area contributed by atoms with Gasteiger partial charge < -0.3 is 0 Å². The number of aromatic nitrogens is 3. The Morgan fingerprint density at radius 1 is 0.448 bits per heavy atom. The summed E-state index contributed by atoms with van der Waals surface area (Å²) in [5.41, 5.74) is 2.84. The normalized spacial score (nSPS) is 10.9. The topological polar surface area (TPSA) is 38.7 Å².